The van der Waals surface area contributed by atoms with E-state index in [1.165, 1.54) is 30.1 Å². The predicted molar refractivity (Wildman–Crippen MR) is 70.1 cm³/mol. The van der Waals surface area contributed by atoms with Crippen molar-refractivity contribution in [3.05, 3.63) is 33.9 Å². The largest absolute Gasteiger partial charge is 0.487 e. The number of nitrogens with zero attached hydrogens (tertiary/aromatic N) is 2. The van der Waals surface area contributed by atoms with E-state index in [9.17, 15) is 14.9 Å². The molecular weight excluding hydrogens is 248 g/mol. The van der Waals surface area contributed by atoms with Crippen molar-refractivity contribution in [2.24, 2.45) is 0 Å². The first-order valence-corrected chi connectivity index (χ1v) is 5.62. The number of hydrogen-bond donors (Lipinski definition) is 0. The molecule has 1 aromatic carbocycles. The van der Waals surface area contributed by atoms with E-state index in [-0.39, 0.29) is 30.2 Å². The summed E-state index contributed by atoms with van der Waals surface area (Å²) in [4.78, 5) is 23.8. The van der Waals surface area contributed by atoms with Crippen LogP contribution in [0.25, 0.3) is 0 Å². The summed E-state index contributed by atoms with van der Waals surface area (Å²) < 4.78 is 5.24. The third-order valence-corrected chi connectivity index (χ3v) is 2.39. The van der Waals surface area contributed by atoms with Crippen molar-refractivity contribution in [2.75, 3.05) is 20.2 Å². The average molecular weight is 262 g/mol. The van der Waals surface area contributed by atoms with Crippen LogP contribution in [0.3, 0.4) is 0 Å². The van der Waals surface area contributed by atoms with Gasteiger partial charge in [-0.2, -0.15) is 0 Å². The fourth-order valence-corrected chi connectivity index (χ4v) is 1.55. The lowest BCUT2D eigenvalue weighted by atomic mass is 10.1. The predicted octanol–water partition coefficient (Wildman–Crippen LogP) is 1.70. The van der Waals surface area contributed by atoms with Gasteiger partial charge in [0.2, 0.25) is 5.75 Å². The maximum absolute atomic E-state index is 12.1. The topological polar surface area (TPSA) is 72.7 Å². The van der Waals surface area contributed by atoms with Crippen molar-refractivity contribution in [1.29, 1.82) is 0 Å². The smallest absolute Gasteiger partial charge is 0.311 e. The molecule has 0 aliphatic carbocycles. The van der Waals surface area contributed by atoms with E-state index >= 15 is 0 Å². The number of ether oxygens (including phenoxy) is 1. The molecule has 1 aromatic rings. The van der Waals surface area contributed by atoms with Crippen LogP contribution in [0.4, 0.5) is 5.69 Å². The summed E-state index contributed by atoms with van der Waals surface area (Å²) >= 11 is 0. The number of benzene rings is 1. The van der Waals surface area contributed by atoms with E-state index in [2.05, 4.69) is 5.92 Å². The molecule has 0 heterocycles. The highest BCUT2D eigenvalue weighted by Gasteiger charge is 2.24. The molecule has 0 aliphatic rings. The van der Waals surface area contributed by atoms with Crippen LogP contribution in [0.15, 0.2) is 18.2 Å². The maximum Gasteiger partial charge on any atom is 0.311 e. The fraction of sp³-hybridized carbons (Fsp3) is 0.308. The standard InChI is InChI=1S/C13H14N2O4/c1-4-9-14(3)13(16)10-7-6-8-11(15(17)18)12(10)19-5-2/h1,6-8H,5,9H2,2-3H3. The number of rotatable bonds is 5. The van der Waals surface area contributed by atoms with Crippen LogP contribution < -0.4 is 4.74 Å². The Bertz CT molecular complexity index is 534. The minimum atomic E-state index is -0.580. The summed E-state index contributed by atoms with van der Waals surface area (Å²) in [7, 11) is 1.52. The van der Waals surface area contributed by atoms with Gasteiger partial charge < -0.3 is 9.64 Å². The van der Waals surface area contributed by atoms with E-state index in [4.69, 9.17) is 11.2 Å². The minimum Gasteiger partial charge on any atom is -0.487 e. The van der Waals surface area contributed by atoms with Gasteiger partial charge in [0.25, 0.3) is 5.91 Å². The molecule has 1 amide bonds. The summed E-state index contributed by atoms with van der Waals surface area (Å²) in [6.07, 6.45) is 5.14. The van der Waals surface area contributed by atoms with Crippen LogP contribution in [0, 0.1) is 22.5 Å². The Morgan fingerprint density at radius 2 is 2.26 bits per heavy atom. The van der Waals surface area contributed by atoms with Gasteiger partial charge in [0, 0.05) is 13.1 Å². The molecule has 6 nitrogen and oxygen atoms in total. The van der Waals surface area contributed by atoms with Gasteiger partial charge in [-0.1, -0.05) is 12.0 Å². The molecule has 1 rings (SSSR count). The maximum atomic E-state index is 12.1. The quantitative estimate of drug-likeness (QED) is 0.460. The van der Waals surface area contributed by atoms with Gasteiger partial charge in [-0.25, -0.2) is 0 Å². The third-order valence-electron chi connectivity index (χ3n) is 2.39. The second-order valence-corrected chi connectivity index (χ2v) is 3.71. The Balaban J connectivity index is 3.27. The number of carbonyl (C=O) groups excluding carboxylic acids is 1. The molecule has 0 N–H and O–H groups in total. The lowest BCUT2D eigenvalue weighted by Gasteiger charge is -2.16. The molecule has 0 atom stereocenters. The Morgan fingerprint density at radius 1 is 1.58 bits per heavy atom. The zero-order valence-electron chi connectivity index (χ0n) is 10.8. The Morgan fingerprint density at radius 3 is 2.79 bits per heavy atom. The lowest BCUT2D eigenvalue weighted by Crippen LogP contribution is -2.27. The molecule has 0 fully saturated rings. The van der Waals surface area contributed by atoms with Gasteiger partial charge in [-0.05, 0) is 13.0 Å². The van der Waals surface area contributed by atoms with E-state index in [0.29, 0.717) is 0 Å². The number of carbonyl (C=O) groups is 1. The number of amides is 1. The highest BCUT2D eigenvalue weighted by atomic mass is 16.6. The van der Waals surface area contributed by atoms with Crippen LogP contribution in [0.5, 0.6) is 5.75 Å². The zero-order chi connectivity index (χ0) is 14.4. The van der Waals surface area contributed by atoms with Gasteiger partial charge in [-0.3, -0.25) is 14.9 Å². The molecule has 0 aromatic heterocycles. The highest BCUT2D eigenvalue weighted by Crippen LogP contribution is 2.31. The SMILES string of the molecule is C#CCN(C)C(=O)c1cccc([N+](=O)[O-])c1OCC. The molecule has 0 saturated heterocycles. The molecule has 0 aliphatic heterocycles. The Labute approximate surface area is 111 Å². The average Bonchev–Trinajstić information content (AvgIpc) is 2.38. The molecular formula is C13H14N2O4. The molecule has 6 heteroatoms. The fourth-order valence-electron chi connectivity index (χ4n) is 1.55. The molecule has 100 valence electrons. The van der Waals surface area contributed by atoms with Gasteiger partial charge in [0.1, 0.15) is 0 Å². The number of hydrogen-bond acceptors (Lipinski definition) is 4. The van der Waals surface area contributed by atoms with Crippen LogP contribution in [0.1, 0.15) is 17.3 Å². The van der Waals surface area contributed by atoms with Crippen molar-refractivity contribution in [1.82, 2.24) is 4.90 Å². The first-order chi connectivity index (χ1) is 9.02. The van der Waals surface area contributed by atoms with Crippen LogP contribution >= 0.6 is 0 Å². The van der Waals surface area contributed by atoms with Gasteiger partial charge in [0.05, 0.1) is 23.6 Å². The zero-order valence-corrected chi connectivity index (χ0v) is 10.8. The van der Waals surface area contributed by atoms with E-state index in [1.807, 2.05) is 0 Å². The first kappa shape index (κ1) is 14.5. The number of terminal acetylenes is 1. The van der Waals surface area contributed by atoms with Crippen molar-refractivity contribution in [3.8, 4) is 18.1 Å². The normalized spacial score (nSPS) is 9.53. The third kappa shape index (κ3) is 3.22. The van der Waals surface area contributed by atoms with E-state index in [0.717, 1.165) is 0 Å². The minimum absolute atomic E-state index is 0.0242. The van der Waals surface area contributed by atoms with Crippen molar-refractivity contribution in [3.63, 3.8) is 0 Å². The van der Waals surface area contributed by atoms with Crippen LogP contribution in [-0.2, 0) is 0 Å². The van der Waals surface area contributed by atoms with E-state index < -0.39 is 10.8 Å². The Kier molecular flexibility index (Phi) is 4.89. The highest BCUT2D eigenvalue weighted by molar-refractivity contribution is 5.98. The first-order valence-electron chi connectivity index (χ1n) is 5.62. The Hall–Kier alpha value is -2.55. The summed E-state index contributed by atoms with van der Waals surface area (Å²) in [5.41, 5.74) is -0.101. The second-order valence-electron chi connectivity index (χ2n) is 3.71. The molecule has 0 spiro atoms. The van der Waals surface area contributed by atoms with Crippen molar-refractivity contribution < 1.29 is 14.5 Å². The molecule has 0 saturated carbocycles. The monoisotopic (exact) mass is 262 g/mol. The summed E-state index contributed by atoms with van der Waals surface area (Å²) in [5.74, 6) is 1.90. The van der Waals surface area contributed by atoms with Crippen molar-refractivity contribution >= 4 is 11.6 Å². The van der Waals surface area contributed by atoms with E-state index in [1.54, 1.807) is 6.92 Å². The second kappa shape index (κ2) is 6.40. The van der Waals surface area contributed by atoms with Gasteiger partial charge in [0.15, 0.2) is 0 Å². The molecule has 0 radical (unpaired) electrons. The van der Waals surface area contributed by atoms with Gasteiger partial charge >= 0.3 is 5.69 Å². The molecule has 19 heavy (non-hydrogen) atoms. The summed E-state index contributed by atoms with van der Waals surface area (Å²) in [5, 5.41) is 10.9. The van der Waals surface area contributed by atoms with Crippen molar-refractivity contribution in [2.45, 2.75) is 6.92 Å². The number of para-hydroxylation sites is 1. The molecule has 0 bridgehead atoms. The summed E-state index contributed by atoms with van der Waals surface area (Å²) in [6.45, 7) is 2.03. The van der Waals surface area contributed by atoms with Crippen LogP contribution in [0.2, 0.25) is 0 Å². The van der Waals surface area contributed by atoms with Gasteiger partial charge in [-0.15, -0.1) is 6.42 Å². The lowest BCUT2D eigenvalue weighted by molar-refractivity contribution is -0.385. The molecule has 0 unspecified atom stereocenters. The number of nitro benzene ring substituents is 1. The summed E-state index contributed by atoms with van der Waals surface area (Å²) in [6, 6.07) is 4.22. The number of nitro groups is 1. The van der Waals surface area contributed by atoms with Crippen LogP contribution in [-0.4, -0.2) is 35.9 Å².